The minimum Gasteiger partial charge on any atom is -0.507 e. The Balaban J connectivity index is 2.03. The van der Waals surface area contributed by atoms with Crippen LogP contribution in [0.1, 0.15) is 30.0 Å². The molecule has 1 saturated heterocycles. The third-order valence-electron chi connectivity index (χ3n) is 4.01. The molecule has 2 unspecified atom stereocenters. The molecule has 1 aliphatic heterocycles. The molecule has 1 aromatic rings. The summed E-state index contributed by atoms with van der Waals surface area (Å²) in [5.41, 5.74) is 9.18. The molecule has 0 aliphatic carbocycles. The number of nitrogens with two attached hydrogens (primary N) is 1. The van der Waals surface area contributed by atoms with Crippen LogP contribution in [0.5, 0.6) is 5.75 Å². The van der Waals surface area contributed by atoms with Gasteiger partial charge >= 0.3 is 0 Å². The Morgan fingerprint density at radius 2 is 2.00 bits per heavy atom. The molecule has 1 fully saturated rings. The van der Waals surface area contributed by atoms with Gasteiger partial charge in [-0.15, -0.1) is 0 Å². The summed E-state index contributed by atoms with van der Waals surface area (Å²) in [7, 11) is 0. The van der Waals surface area contributed by atoms with E-state index in [4.69, 9.17) is 5.73 Å². The van der Waals surface area contributed by atoms with Crippen LogP contribution in [0.25, 0.3) is 0 Å². The monoisotopic (exact) mass is 248 g/mol. The number of nitrogens with zero attached hydrogens (tertiary/aromatic N) is 1. The van der Waals surface area contributed by atoms with Gasteiger partial charge in [0.1, 0.15) is 5.75 Å². The highest BCUT2D eigenvalue weighted by Crippen LogP contribution is 2.25. The lowest BCUT2D eigenvalue weighted by atomic mass is 10.0. The summed E-state index contributed by atoms with van der Waals surface area (Å²) in [5, 5.41) is 9.78. The molecule has 0 saturated carbocycles. The van der Waals surface area contributed by atoms with Crippen molar-refractivity contribution in [3.8, 4) is 5.75 Å². The molecule has 2 atom stereocenters. The lowest BCUT2D eigenvalue weighted by Crippen LogP contribution is -2.29. The Hall–Kier alpha value is -1.06. The number of likely N-dealkylation sites (tertiary alicyclic amines) is 1. The maximum atomic E-state index is 9.78. The standard InChI is InChI=1S/C15H24N2O/c1-10-6-13(7-11(2)15(10)18)8-17-5-4-14(9-17)12(3)16/h6-7,12,14,18H,4-5,8-9,16H2,1-3H3. The zero-order chi connectivity index (χ0) is 13.3. The van der Waals surface area contributed by atoms with E-state index < -0.39 is 0 Å². The predicted octanol–water partition coefficient (Wildman–Crippen LogP) is 2.18. The fraction of sp³-hybridized carbons (Fsp3) is 0.600. The van der Waals surface area contributed by atoms with Crippen molar-refractivity contribution in [2.45, 2.75) is 39.8 Å². The normalized spacial score (nSPS) is 22.3. The summed E-state index contributed by atoms with van der Waals surface area (Å²) >= 11 is 0. The molecule has 0 bridgehead atoms. The summed E-state index contributed by atoms with van der Waals surface area (Å²) in [4.78, 5) is 2.46. The summed E-state index contributed by atoms with van der Waals surface area (Å²) in [6.07, 6.45) is 1.20. The van der Waals surface area contributed by atoms with E-state index in [0.29, 0.717) is 17.7 Å². The molecule has 18 heavy (non-hydrogen) atoms. The fourth-order valence-corrected chi connectivity index (χ4v) is 2.83. The first-order valence-corrected chi connectivity index (χ1v) is 6.74. The number of benzene rings is 1. The van der Waals surface area contributed by atoms with Gasteiger partial charge < -0.3 is 10.8 Å². The highest BCUT2D eigenvalue weighted by molar-refractivity contribution is 5.42. The average molecular weight is 248 g/mol. The first-order valence-electron chi connectivity index (χ1n) is 6.74. The Bertz CT molecular complexity index is 405. The van der Waals surface area contributed by atoms with Gasteiger partial charge in [0.2, 0.25) is 0 Å². The molecule has 2 rings (SSSR count). The molecule has 0 radical (unpaired) electrons. The van der Waals surface area contributed by atoms with E-state index in [2.05, 4.69) is 24.0 Å². The largest absolute Gasteiger partial charge is 0.507 e. The van der Waals surface area contributed by atoms with Gasteiger partial charge in [0.05, 0.1) is 0 Å². The molecule has 1 aromatic carbocycles. The van der Waals surface area contributed by atoms with Gasteiger partial charge in [-0.05, 0) is 56.3 Å². The quantitative estimate of drug-likeness (QED) is 0.862. The molecular formula is C15H24N2O. The molecule has 3 nitrogen and oxygen atoms in total. The third kappa shape index (κ3) is 2.85. The Morgan fingerprint density at radius 3 is 2.50 bits per heavy atom. The molecule has 3 heteroatoms. The second kappa shape index (κ2) is 5.29. The number of rotatable bonds is 3. The second-order valence-electron chi connectivity index (χ2n) is 5.72. The van der Waals surface area contributed by atoms with Crippen molar-refractivity contribution < 1.29 is 5.11 Å². The number of aryl methyl sites for hydroxylation is 2. The zero-order valence-corrected chi connectivity index (χ0v) is 11.6. The Kier molecular flexibility index (Phi) is 3.93. The molecule has 3 N–H and O–H groups in total. The highest BCUT2D eigenvalue weighted by Gasteiger charge is 2.25. The van der Waals surface area contributed by atoms with Gasteiger partial charge in [-0.25, -0.2) is 0 Å². The maximum Gasteiger partial charge on any atom is 0.121 e. The van der Waals surface area contributed by atoms with E-state index in [9.17, 15) is 5.11 Å². The van der Waals surface area contributed by atoms with Crippen molar-refractivity contribution in [3.05, 3.63) is 28.8 Å². The average Bonchev–Trinajstić information content (AvgIpc) is 2.74. The minimum absolute atomic E-state index is 0.290. The predicted molar refractivity (Wildman–Crippen MR) is 74.6 cm³/mol. The zero-order valence-electron chi connectivity index (χ0n) is 11.6. The summed E-state index contributed by atoms with van der Waals surface area (Å²) in [6, 6.07) is 4.46. The van der Waals surface area contributed by atoms with Crippen molar-refractivity contribution in [3.63, 3.8) is 0 Å². The van der Waals surface area contributed by atoms with E-state index in [0.717, 1.165) is 30.8 Å². The highest BCUT2D eigenvalue weighted by atomic mass is 16.3. The van der Waals surface area contributed by atoms with Gasteiger partial charge in [-0.3, -0.25) is 4.90 Å². The minimum atomic E-state index is 0.290. The molecule has 1 aliphatic rings. The molecule has 0 spiro atoms. The van der Waals surface area contributed by atoms with Crippen molar-refractivity contribution in [2.75, 3.05) is 13.1 Å². The van der Waals surface area contributed by atoms with Crippen LogP contribution >= 0.6 is 0 Å². The number of aromatic hydroxyl groups is 1. The van der Waals surface area contributed by atoms with Crippen LogP contribution in [0, 0.1) is 19.8 Å². The van der Waals surface area contributed by atoms with Crippen molar-refractivity contribution in [1.29, 1.82) is 0 Å². The Labute approximate surface area is 110 Å². The molecule has 0 amide bonds. The summed E-state index contributed by atoms with van der Waals surface area (Å²) < 4.78 is 0. The van der Waals surface area contributed by atoms with Gasteiger partial charge in [-0.2, -0.15) is 0 Å². The first-order chi connectivity index (χ1) is 8.47. The molecule has 0 aromatic heterocycles. The van der Waals surface area contributed by atoms with E-state index >= 15 is 0 Å². The number of phenolic OH excluding ortho intramolecular Hbond substituents is 1. The van der Waals surface area contributed by atoms with Gasteiger partial charge in [-0.1, -0.05) is 12.1 Å². The van der Waals surface area contributed by atoms with Crippen LogP contribution in [0.2, 0.25) is 0 Å². The van der Waals surface area contributed by atoms with Gasteiger partial charge in [0, 0.05) is 19.1 Å². The van der Waals surface area contributed by atoms with Crippen LogP contribution in [-0.4, -0.2) is 29.1 Å². The van der Waals surface area contributed by atoms with E-state index in [1.807, 2.05) is 13.8 Å². The SMILES string of the molecule is Cc1cc(CN2CCC(C(C)N)C2)cc(C)c1O. The summed E-state index contributed by atoms with van der Waals surface area (Å²) in [5.74, 6) is 1.05. The van der Waals surface area contributed by atoms with Crippen molar-refractivity contribution in [2.24, 2.45) is 11.7 Å². The van der Waals surface area contributed by atoms with E-state index in [1.165, 1.54) is 12.0 Å². The van der Waals surface area contributed by atoms with Crippen LogP contribution in [0.4, 0.5) is 0 Å². The van der Waals surface area contributed by atoms with Gasteiger partial charge in [0.25, 0.3) is 0 Å². The van der Waals surface area contributed by atoms with Crippen molar-refractivity contribution in [1.82, 2.24) is 4.90 Å². The molecule has 100 valence electrons. The molecule has 1 heterocycles. The summed E-state index contributed by atoms with van der Waals surface area (Å²) in [6.45, 7) is 9.21. The van der Waals surface area contributed by atoms with Crippen molar-refractivity contribution >= 4 is 0 Å². The second-order valence-corrected chi connectivity index (χ2v) is 5.72. The number of hydrogen-bond donors (Lipinski definition) is 2. The van der Waals surface area contributed by atoms with Crippen LogP contribution in [-0.2, 0) is 6.54 Å². The smallest absolute Gasteiger partial charge is 0.121 e. The van der Waals surface area contributed by atoms with Crippen LogP contribution in [0.3, 0.4) is 0 Å². The lowest BCUT2D eigenvalue weighted by Gasteiger charge is -2.18. The third-order valence-corrected chi connectivity index (χ3v) is 4.01. The Morgan fingerprint density at radius 1 is 1.39 bits per heavy atom. The lowest BCUT2D eigenvalue weighted by molar-refractivity contribution is 0.308. The van der Waals surface area contributed by atoms with E-state index in [1.54, 1.807) is 0 Å². The topological polar surface area (TPSA) is 49.5 Å². The van der Waals surface area contributed by atoms with E-state index in [-0.39, 0.29) is 0 Å². The number of phenols is 1. The first kappa shape index (κ1) is 13.4. The van der Waals surface area contributed by atoms with Crippen LogP contribution < -0.4 is 5.73 Å². The molecular weight excluding hydrogens is 224 g/mol. The number of hydrogen-bond acceptors (Lipinski definition) is 3. The maximum absolute atomic E-state index is 9.78. The fourth-order valence-electron chi connectivity index (χ4n) is 2.83. The van der Waals surface area contributed by atoms with Crippen LogP contribution in [0.15, 0.2) is 12.1 Å². The van der Waals surface area contributed by atoms with Gasteiger partial charge in [0.15, 0.2) is 0 Å².